The lowest BCUT2D eigenvalue weighted by atomic mass is 10.0. The Labute approximate surface area is 390 Å². The van der Waals surface area contributed by atoms with E-state index in [1.165, 1.54) is 10.8 Å². The minimum atomic E-state index is 0.732. The molecule has 0 unspecified atom stereocenters. The smallest absolute Gasteiger partial charge is 0.137 e. The second-order valence-electron chi connectivity index (χ2n) is 17.4. The quantitative estimate of drug-likeness (QED) is 0.115. The molecule has 0 aliphatic rings. The van der Waals surface area contributed by atoms with Crippen molar-refractivity contribution < 1.29 is 9.47 Å². The van der Waals surface area contributed by atoms with Gasteiger partial charge in [-0.1, -0.05) is 87.4 Å². The summed E-state index contributed by atoms with van der Waals surface area (Å²) in [6, 6.07) is 54.4. The summed E-state index contributed by atoms with van der Waals surface area (Å²) in [4.78, 5) is 20.5. The fraction of sp³-hybridized carbons (Fsp3) is 0.153. The monoisotopic (exact) mass is 874 g/mol. The zero-order chi connectivity index (χ0) is 45.4. The van der Waals surface area contributed by atoms with Crippen LogP contribution in [0, 0.1) is 13.8 Å². The number of hydrogen-bond acceptors (Lipinski definition) is 6. The molecule has 0 fully saturated rings. The topological polar surface area (TPSA) is 79.9 Å². The van der Waals surface area contributed by atoms with Gasteiger partial charge in [0.1, 0.15) is 34.6 Å². The van der Waals surface area contributed by atoms with Crippen LogP contribution in [0.15, 0.2) is 170 Å². The van der Waals surface area contributed by atoms with E-state index >= 15 is 0 Å². The van der Waals surface area contributed by atoms with E-state index in [1.807, 2.05) is 54.9 Å². The molecule has 8 nitrogen and oxygen atoms in total. The first-order valence-corrected chi connectivity index (χ1v) is 23.3. The highest BCUT2D eigenvalue weighted by atomic mass is 16.5. The maximum atomic E-state index is 6.69. The van der Waals surface area contributed by atoms with Crippen molar-refractivity contribution in [3.63, 3.8) is 0 Å². The Kier molecular flexibility index (Phi) is 11.0. The van der Waals surface area contributed by atoms with Gasteiger partial charge in [0.25, 0.3) is 0 Å². The second-order valence-corrected chi connectivity index (χ2v) is 17.4. The molecule has 67 heavy (non-hydrogen) atoms. The van der Waals surface area contributed by atoms with E-state index in [4.69, 9.17) is 29.4 Å². The Morgan fingerprint density at radius 2 is 0.881 bits per heavy atom. The van der Waals surface area contributed by atoms with Crippen molar-refractivity contribution in [3.8, 4) is 57.1 Å². The zero-order valence-electron chi connectivity index (χ0n) is 38.2. The fourth-order valence-corrected chi connectivity index (χ4v) is 9.39. The van der Waals surface area contributed by atoms with Gasteiger partial charge in [-0.3, -0.25) is 9.13 Å². The van der Waals surface area contributed by atoms with Gasteiger partial charge in [0.05, 0.1) is 44.8 Å². The Balaban J connectivity index is 0.931. The molecular weight excluding hydrogens is 825 g/mol. The molecule has 8 heteroatoms. The number of rotatable bonds is 13. The molecule has 11 aromatic rings. The van der Waals surface area contributed by atoms with E-state index in [1.54, 1.807) is 0 Å². The number of para-hydroxylation sites is 2. The maximum absolute atomic E-state index is 6.69. The molecule has 0 saturated heterocycles. The standard InChI is InChI=1S/C59H50N6O2/c1-5-7-21-51-59(41-16-13-18-43(35-41)67-45-25-27-49-47-20-9-11-23-53(47)65(55(49)37-45)57-33-39(4)29-31-61-57)62-50(14-6-2)58(63-51)40-15-12-17-42(34-40)66-44-24-26-48-46-19-8-10-22-52(46)64(54(48)36-44)56-32-38(3)28-30-60-56/h8-13,15-20,22-37H,5-7,14,21H2,1-4H3. The third-order valence-corrected chi connectivity index (χ3v) is 12.5. The first-order valence-electron chi connectivity index (χ1n) is 23.3. The molecule has 328 valence electrons. The average Bonchev–Trinajstić information content (AvgIpc) is 3.86. The summed E-state index contributed by atoms with van der Waals surface area (Å²) < 4.78 is 17.8. The van der Waals surface area contributed by atoms with Gasteiger partial charge in [-0.2, -0.15) is 0 Å². The van der Waals surface area contributed by atoms with Crippen LogP contribution in [0.2, 0.25) is 0 Å². The molecule has 0 N–H and O–H groups in total. The summed E-state index contributed by atoms with van der Waals surface area (Å²) in [5.41, 5.74) is 12.3. The van der Waals surface area contributed by atoms with Gasteiger partial charge in [-0.05, 0) is 129 Å². The van der Waals surface area contributed by atoms with Gasteiger partial charge >= 0.3 is 0 Å². The molecule has 11 rings (SSSR count). The largest absolute Gasteiger partial charge is 0.457 e. The molecule has 0 atom stereocenters. The Bertz CT molecular complexity index is 3640. The average molecular weight is 875 g/mol. The van der Waals surface area contributed by atoms with Crippen LogP contribution >= 0.6 is 0 Å². The summed E-state index contributed by atoms with van der Waals surface area (Å²) in [5.74, 6) is 4.71. The Hall–Kier alpha value is -8.10. The first-order chi connectivity index (χ1) is 32.9. The predicted molar refractivity (Wildman–Crippen MR) is 272 cm³/mol. The van der Waals surface area contributed by atoms with Crippen molar-refractivity contribution in [1.82, 2.24) is 29.1 Å². The van der Waals surface area contributed by atoms with E-state index in [0.29, 0.717) is 0 Å². The summed E-state index contributed by atoms with van der Waals surface area (Å²) in [5, 5.41) is 4.64. The van der Waals surface area contributed by atoms with Crippen molar-refractivity contribution in [2.24, 2.45) is 0 Å². The highest BCUT2D eigenvalue weighted by molar-refractivity contribution is 6.10. The molecule has 6 aromatic carbocycles. The molecule has 0 aliphatic carbocycles. The second kappa shape index (κ2) is 17.7. The molecule has 0 aliphatic heterocycles. The number of ether oxygens (including phenoxy) is 2. The predicted octanol–water partition coefficient (Wildman–Crippen LogP) is 15.3. The van der Waals surface area contributed by atoms with Crippen LogP contribution < -0.4 is 9.47 Å². The molecule has 0 saturated carbocycles. The van der Waals surface area contributed by atoms with Crippen molar-refractivity contribution in [3.05, 3.63) is 193 Å². The number of aromatic nitrogens is 6. The molecule has 0 bridgehead atoms. The first kappa shape index (κ1) is 41.6. The van der Waals surface area contributed by atoms with Gasteiger partial charge in [0.2, 0.25) is 0 Å². The number of fused-ring (bicyclic) bond motifs is 6. The van der Waals surface area contributed by atoms with E-state index in [2.05, 4.69) is 152 Å². The lowest BCUT2D eigenvalue weighted by molar-refractivity contribution is 0.483. The van der Waals surface area contributed by atoms with Crippen LogP contribution in [0.4, 0.5) is 0 Å². The normalized spacial score (nSPS) is 11.6. The third kappa shape index (κ3) is 7.95. The van der Waals surface area contributed by atoms with Gasteiger partial charge in [0, 0.05) is 57.2 Å². The minimum absolute atomic E-state index is 0.732. The van der Waals surface area contributed by atoms with Gasteiger partial charge in [-0.25, -0.2) is 19.9 Å². The lowest BCUT2D eigenvalue weighted by Crippen LogP contribution is -2.06. The van der Waals surface area contributed by atoms with Gasteiger partial charge in [-0.15, -0.1) is 0 Å². The molecular formula is C59H50N6O2. The number of unbranched alkanes of at least 4 members (excludes halogenated alkanes) is 1. The summed E-state index contributed by atoms with van der Waals surface area (Å²) in [6.45, 7) is 8.60. The SMILES string of the molecule is CCCCc1nc(-c2cccc(Oc3ccc4c5ccccc5n(-c5cc(C)ccn5)c4c3)c2)c(CCC)nc1-c1cccc(Oc2ccc3c4ccccc4n(-c4cc(C)ccn4)c3c2)c1. The van der Waals surface area contributed by atoms with E-state index in [9.17, 15) is 0 Å². The van der Waals surface area contributed by atoms with Gasteiger partial charge in [0.15, 0.2) is 0 Å². The van der Waals surface area contributed by atoms with Crippen molar-refractivity contribution in [2.75, 3.05) is 0 Å². The van der Waals surface area contributed by atoms with Crippen LogP contribution in [0.25, 0.3) is 77.8 Å². The lowest BCUT2D eigenvalue weighted by Gasteiger charge is -2.16. The Morgan fingerprint density at radius 3 is 1.36 bits per heavy atom. The van der Waals surface area contributed by atoms with E-state index in [-0.39, 0.29) is 0 Å². The van der Waals surface area contributed by atoms with E-state index < -0.39 is 0 Å². The fourth-order valence-electron chi connectivity index (χ4n) is 9.39. The van der Waals surface area contributed by atoms with Crippen LogP contribution in [0.1, 0.15) is 55.6 Å². The van der Waals surface area contributed by atoms with Crippen LogP contribution in [-0.4, -0.2) is 29.1 Å². The van der Waals surface area contributed by atoms with Crippen LogP contribution in [-0.2, 0) is 12.8 Å². The summed E-state index contributed by atoms with van der Waals surface area (Å²) in [6.07, 6.45) is 8.28. The number of benzene rings is 6. The van der Waals surface area contributed by atoms with Crippen molar-refractivity contribution in [2.45, 2.75) is 59.8 Å². The molecule has 0 radical (unpaired) electrons. The van der Waals surface area contributed by atoms with Crippen LogP contribution in [0.3, 0.4) is 0 Å². The highest BCUT2D eigenvalue weighted by Crippen LogP contribution is 2.39. The molecule has 0 amide bonds. The number of nitrogens with zero attached hydrogens (tertiary/aromatic N) is 6. The highest BCUT2D eigenvalue weighted by Gasteiger charge is 2.20. The van der Waals surface area contributed by atoms with Gasteiger partial charge < -0.3 is 9.47 Å². The van der Waals surface area contributed by atoms with Crippen molar-refractivity contribution >= 4 is 43.6 Å². The Morgan fingerprint density at radius 1 is 0.418 bits per heavy atom. The zero-order valence-corrected chi connectivity index (χ0v) is 38.2. The number of hydrogen-bond donors (Lipinski definition) is 0. The van der Waals surface area contributed by atoms with E-state index in [0.717, 1.165) is 145 Å². The minimum Gasteiger partial charge on any atom is -0.457 e. The molecule has 5 aromatic heterocycles. The number of aryl methyl sites for hydroxylation is 4. The summed E-state index contributed by atoms with van der Waals surface area (Å²) >= 11 is 0. The van der Waals surface area contributed by atoms with Crippen LogP contribution in [0.5, 0.6) is 23.0 Å². The summed E-state index contributed by atoms with van der Waals surface area (Å²) in [7, 11) is 0. The third-order valence-electron chi connectivity index (χ3n) is 12.5. The molecule has 0 spiro atoms. The maximum Gasteiger partial charge on any atom is 0.137 e. The molecule has 5 heterocycles. The number of pyridine rings is 2. The van der Waals surface area contributed by atoms with Crippen molar-refractivity contribution in [1.29, 1.82) is 0 Å².